The lowest BCUT2D eigenvalue weighted by Gasteiger charge is -2.26. The minimum atomic E-state index is -3.72. The number of aromatic nitrogens is 2. The molecule has 0 fully saturated rings. The SMILES string of the molecule is O=C(Nc1nc2c(s1)CN(S(=O)(=O)c1ccc3c(c1)OCCO3)CC2)c1ccccn1. The lowest BCUT2D eigenvalue weighted by atomic mass is 10.2. The minimum Gasteiger partial charge on any atom is -0.486 e. The highest BCUT2D eigenvalue weighted by molar-refractivity contribution is 7.89. The van der Waals surface area contributed by atoms with Gasteiger partial charge in [0.1, 0.15) is 18.9 Å². The van der Waals surface area contributed by atoms with E-state index in [1.54, 1.807) is 30.5 Å². The van der Waals surface area contributed by atoms with Gasteiger partial charge in [-0.3, -0.25) is 15.1 Å². The second-order valence-corrected chi connectivity index (χ2v) is 9.97. The van der Waals surface area contributed by atoms with Crippen molar-refractivity contribution in [3.8, 4) is 11.5 Å². The molecule has 0 unspecified atom stereocenters. The van der Waals surface area contributed by atoms with E-state index in [9.17, 15) is 13.2 Å². The average Bonchev–Trinajstić information content (AvgIpc) is 3.20. The second-order valence-electron chi connectivity index (χ2n) is 6.95. The summed E-state index contributed by atoms with van der Waals surface area (Å²) in [6.07, 6.45) is 2.01. The Bertz CT molecular complexity index is 1240. The van der Waals surface area contributed by atoms with E-state index in [4.69, 9.17) is 9.47 Å². The third-order valence-corrected chi connectivity index (χ3v) is 7.80. The molecule has 0 saturated heterocycles. The molecule has 5 rings (SSSR count). The maximum Gasteiger partial charge on any atom is 0.276 e. The molecule has 2 aliphatic heterocycles. The minimum absolute atomic E-state index is 0.161. The van der Waals surface area contributed by atoms with Gasteiger partial charge in [-0.25, -0.2) is 13.4 Å². The smallest absolute Gasteiger partial charge is 0.276 e. The number of carbonyl (C=O) groups excluding carboxylic acids is 1. The Labute approximate surface area is 182 Å². The zero-order valence-electron chi connectivity index (χ0n) is 16.3. The lowest BCUT2D eigenvalue weighted by molar-refractivity contribution is 0.102. The first-order valence-electron chi connectivity index (χ1n) is 9.61. The second kappa shape index (κ2) is 7.91. The summed E-state index contributed by atoms with van der Waals surface area (Å²) in [5.41, 5.74) is 1.09. The van der Waals surface area contributed by atoms with E-state index in [-0.39, 0.29) is 17.3 Å². The number of carbonyl (C=O) groups is 1. The number of hydrogen-bond donors (Lipinski definition) is 1. The molecule has 4 heterocycles. The number of rotatable bonds is 4. The molecule has 9 nitrogen and oxygen atoms in total. The van der Waals surface area contributed by atoms with Crippen molar-refractivity contribution in [2.24, 2.45) is 0 Å². The number of hydrogen-bond acceptors (Lipinski definition) is 8. The normalized spacial score (nSPS) is 15.9. The molecule has 0 aliphatic carbocycles. The van der Waals surface area contributed by atoms with Crippen molar-refractivity contribution < 1.29 is 22.7 Å². The van der Waals surface area contributed by atoms with E-state index in [2.05, 4.69) is 15.3 Å². The molecule has 0 bridgehead atoms. The first-order valence-corrected chi connectivity index (χ1v) is 11.9. The Morgan fingerprint density at radius 1 is 1.13 bits per heavy atom. The van der Waals surface area contributed by atoms with E-state index in [1.165, 1.54) is 27.8 Å². The van der Waals surface area contributed by atoms with Crippen molar-refractivity contribution in [3.63, 3.8) is 0 Å². The highest BCUT2D eigenvalue weighted by Gasteiger charge is 2.31. The van der Waals surface area contributed by atoms with E-state index in [1.807, 2.05) is 0 Å². The fourth-order valence-electron chi connectivity index (χ4n) is 3.42. The molecule has 0 atom stereocenters. The highest BCUT2D eigenvalue weighted by atomic mass is 32.2. The van der Waals surface area contributed by atoms with Crippen LogP contribution >= 0.6 is 11.3 Å². The van der Waals surface area contributed by atoms with Gasteiger partial charge in [-0.1, -0.05) is 6.07 Å². The Balaban J connectivity index is 1.34. The van der Waals surface area contributed by atoms with E-state index < -0.39 is 10.0 Å². The van der Waals surface area contributed by atoms with Crippen molar-refractivity contribution in [1.29, 1.82) is 0 Å². The summed E-state index contributed by atoms with van der Waals surface area (Å²) in [6, 6.07) is 9.73. The largest absolute Gasteiger partial charge is 0.486 e. The highest BCUT2D eigenvalue weighted by Crippen LogP contribution is 2.35. The monoisotopic (exact) mass is 458 g/mol. The number of sulfonamides is 1. The maximum absolute atomic E-state index is 13.2. The molecule has 1 N–H and O–H groups in total. The Hall–Kier alpha value is -3.02. The van der Waals surface area contributed by atoms with Gasteiger partial charge in [-0.15, -0.1) is 11.3 Å². The Morgan fingerprint density at radius 2 is 1.97 bits per heavy atom. The zero-order chi connectivity index (χ0) is 21.4. The van der Waals surface area contributed by atoms with E-state index in [0.29, 0.717) is 48.5 Å². The number of thiazole rings is 1. The summed E-state index contributed by atoms with van der Waals surface area (Å²) in [5.74, 6) is 0.622. The van der Waals surface area contributed by atoms with Gasteiger partial charge in [0.2, 0.25) is 10.0 Å². The van der Waals surface area contributed by atoms with Crippen LogP contribution in [-0.2, 0) is 23.0 Å². The summed E-state index contributed by atoms with van der Waals surface area (Å²) in [7, 11) is -3.72. The molecule has 0 saturated carbocycles. The van der Waals surface area contributed by atoms with Crippen LogP contribution in [0.5, 0.6) is 11.5 Å². The predicted octanol–water partition coefficient (Wildman–Crippen LogP) is 2.31. The van der Waals surface area contributed by atoms with Crippen LogP contribution in [0.4, 0.5) is 5.13 Å². The molecule has 1 aromatic carbocycles. The molecule has 0 spiro atoms. The number of nitrogens with one attached hydrogen (secondary N) is 1. The van der Waals surface area contributed by atoms with Gasteiger partial charge >= 0.3 is 0 Å². The molecular weight excluding hydrogens is 440 g/mol. The van der Waals surface area contributed by atoms with Gasteiger partial charge in [-0.2, -0.15) is 4.31 Å². The van der Waals surface area contributed by atoms with Crippen LogP contribution < -0.4 is 14.8 Å². The third-order valence-electron chi connectivity index (χ3n) is 4.97. The summed E-state index contributed by atoms with van der Waals surface area (Å²) in [5, 5.41) is 3.17. The molecule has 0 radical (unpaired) electrons. The van der Waals surface area contributed by atoms with Gasteiger partial charge in [0.15, 0.2) is 16.6 Å². The van der Waals surface area contributed by atoms with Gasteiger partial charge in [-0.05, 0) is 24.3 Å². The molecule has 3 aromatic rings. The third kappa shape index (κ3) is 3.87. The number of ether oxygens (including phenoxy) is 2. The van der Waals surface area contributed by atoms with E-state index >= 15 is 0 Å². The van der Waals surface area contributed by atoms with Crippen molar-refractivity contribution in [2.75, 3.05) is 25.1 Å². The van der Waals surface area contributed by atoms with Crippen LogP contribution in [0.2, 0.25) is 0 Å². The summed E-state index contributed by atoms with van der Waals surface area (Å²) >= 11 is 1.27. The fraction of sp³-hybridized carbons (Fsp3) is 0.250. The van der Waals surface area contributed by atoms with Gasteiger partial charge < -0.3 is 9.47 Å². The van der Waals surface area contributed by atoms with Crippen LogP contribution in [0.3, 0.4) is 0 Å². The summed E-state index contributed by atoms with van der Waals surface area (Å²) in [6.45, 7) is 1.33. The number of amides is 1. The number of nitrogens with zero attached hydrogens (tertiary/aromatic N) is 3. The fourth-order valence-corrected chi connectivity index (χ4v) is 5.95. The number of anilines is 1. The maximum atomic E-state index is 13.2. The van der Waals surface area contributed by atoms with Crippen LogP contribution in [0.15, 0.2) is 47.5 Å². The quantitative estimate of drug-likeness (QED) is 0.639. The number of benzene rings is 1. The lowest BCUT2D eigenvalue weighted by Crippen LogP contribution is -2.35. The van der Waals surface area contributed by atoms with Crippen molar-refractivity contribution in [2.45, 2.75) is 17.9 Å². The average molecular weight is 459 g/mol. The Morgan fingerprint density at radius 3 is 2.77 bits per heavy atom. The number of fused-ring (bicyclic) bond motifs is 2. The first-order chi connectivity index (χ1) is 15.0. The predicted molar refractivity (Wildman–Crippen MR) is 113 cm³/mol. The molecule has 1 amide bonds. The van der Waals surface area contributed by atoms with Gasteiger partial charge in [0, 0.05) is 30.1 Å². The van der Waals surface area contributed by atoms with Crippen LogP contribution in [0, 0.1) is 0 Å². The van der Waals surface area contributed by atoms with Crippen LogP contribution in [0.25, 0.3) is 0 Å². The van der Waals surface area contributed by atoms with Crippen molar-refractivity contribution in [1.82, 2.24) is 14.3 Å². The summed E-state index contributed by atoms with van der Waals surface area (Å²) in [4.78, 5) is 21.8. The molecule has 11 heteroatoms. The van der Waals surface area contributed by atoms with Crippen molar-refractivity contribution >= 4 is 32.4 Å². The van der Waals surface area contributed by atoms with Crippen molar-refractivity contribution in [3.05, 3.63) is 58.9 Å². The molecule has 160 valence electrons. The molecular formula is C20H18N4O5S2. The molecule has 31 heavy (non-hydrogen) atoms. The molecule has 2 aromatic heterocycles. The first kappa shape index (κ1) is 19.9. The van der Waals surface area contributed by atoms with E-state index in [0.717, 1.165) is 10.6 Å². The summed E-state index contributed by atoms with van der Waals surface area (Å²) < 4.78 is 38.8. The van der Waals surface area contributed by atoms with Crippen LogP contribution in [-0.4, -0.2) is 48.4 Å². The number of pyridine rings is 1. The Kier molecular flexibility index (Phi) is 5.08. The van der Waals surface area contributed by atoms with Crippen LogP contribution in [0.1, 0.15) is 21.1 Å². The van der Waals surface area contributed by atoms with Gasteiger partial charge in [0.25, 0.3) is 5.91 Å². The topological polar surface area (TPSA) is 111 Å². The standard InChI is InChI=1S/C20H18N4O5S2/c25-19(15-3-1-2-7-21-15)23-20-22-14-6-8-24(12-18(14)30-20)31(26,27)13-4-5-16-17(11-13)29-10-9-28-16/h1-5,7,11H,6,8-10,12H2,(H,22,23,25). The van der Waals surface area contributed by atoms with Gasteiger partial charge in [0.05, 0.1) is 17.1 Å². The molecule has 2 aliphatic rings. The zero-order valence-corrected chi connectivity index (χ0v) is 17.9.